The van der Waals surface area contributed by atoms with Crippen LogP contribution in [0.15, 0.2) is 29.6 Å². The third-order valence-electron chi connectivity index (χ3n) is 3.67. The quantitative estimate of drug-likeness (QED) is 0.778. The summed E-state index contributed by atoms with van der Waals surface area (Å²) in [6.45, 7) is 0.432. The van der Waals surface area contributed by atoms with Crippen LogP contribution in [0.4, 0.5) is 0 Å². The summed E-state index contributed by atoms with van der Waals surface area (Å²) in [4.78, 5) is 27.0. The molecule has 1 aromatic carbocycles. The molecule has 0 saturated carbocycles. The molecule has 1 saturated heterocycles. The van der Waals surface area contributed by atoms with Crippen LogP contribution >= 0.6 is 34.9 Å². The van der Waals surface area contributed by atoms with Gasteiger partial charge < -0.3 is 10.4 Å². The molecule has 2 N–H and O–H groups in total. The third-order valence-corrected chi connectivity index (χ3v) is 7.59. The van der Waals surface area contributed by atoms with Gasteiger partial charge in [0.25, 0.3) is 5.91 Å². The van der Waals surface area contributed by atoms with E-state index < -0.39 is 5.97 Å². The Morgan fingerprint density at radius 2 is 1.92 bits per heavy atom. The molecule has 2 heterocycles. The summed E-state index contributed by atoms with van der Waals surface area (Å²) in [5.74, 6) is 1.24. The van der Waals surface area contributed by atoms with Crippen LogP contribution in [0.1, 0.15) is 42.4 Å². The number of thiazole rings is 1. The first kappa shape index (κ1) is 18.3. The number of nitrogens with one attached hydrogen (secondary N) is 1. The summed E-state index contributed by atoms with van der Waals surface area (Å²) >= 11 is 5.22. The molecular formula is C17H18N2O3S3. The smallest absolute Gasteiger partial charge is 0.355 e. The first-order valence-electron chi connectivity index (χ1n) is 7.92. The normalized spacial score (nSPS) is 15.0. The van der Waals surface area contributed by atoms with Crippen molar-refractivity contribution < 1.29 is 14.7 Å². The number of rotatable bonds is 6. The molecule has 8 heteroatoms. The fourth-order valence-corrected chi connectivity index (χ4v) is 6.05. The van der Waals surface area contributed by atoms with Crippen molar-refractivity contribution in [2.45, 2.75) is 17.4 Å². The first-order valence-corrected chi connectivity index (χ1v) is 10.9. The van der Waals surface area contributed by atoms with Gasteiger partial charge in [0.1, 0.15) is 0 Å². The molecule has 2 aromatic rings. The summed E-state index contributed by atoms with van der Waals surface area (Å²) in [7, 11) is 0. The minimum atomic E-state index is -1.03. The molecule has 132 valence electrons. The van der Waals surface area contributed by atoms with E-state index in [0.29, 0.717) is 28.1 Å². The van der Waals surface area contributed by atoms with Gasteiger partial charge in [-0.2, -0.15) is 0 Å². The number of carbonyl (C=O) groups excluding carboxylic acids is 1. The minimum Gasteiger partial charge on any atom is -0.476 e. The Morgan fingerprint density at radius 3 is 2.56 bits per heavy atom. The molecule has 1 fully saturated rings. The molecule has 0 radical (unpaired) electrons. The predicted molar refractivity (Wildman–Crippen MR) is 104 cm³/mol. The molecule has 1 aliphatic rings. The van der Waals surface area contributed by atoms with Crippen molar-refractivity contribution in [3.63, 3.8) is 0 Å². The van der Waals surface area contributed by atoms with Crippen molar-refractivity contribution in [2.24, 2.45) is 0 Å². The number of benzene rings is 1. The maximum absolute atomic E-state index is 12.2. The molecule has 0 aliphatic carbocycles. The van der Waals surface area contributed by atoms with E-state index in [1.807, 2.05) is 47.8 Å². The average Bonchev–Trinajstić information content (AvgIpc) is 3.12. The van der Waals surface area contributed by atoms with E-state index in [1.54, 1.807) is 0 Å². The summed E-state index contributed by atoms with van der Waals surface area (Å²) in [6.07, 6.45) is 1.79. The first-order chi connectivity index (χ1) is 12.1. The number of carboxylic acid groups (broad SMARTS) is 1. The van der Waals surface area contributed by atoms with Gasteiger partial charge in [-0.15, -0.1) is 34.9 Å². The van der Waals surface area contributed by atoms with Crippen molar-refractivity contribution in [1.29, 1.82) is 0 Å². The molecule has 3 rings (SSSR count). The Morgan fingerprint density at radius 1 is 1.20 bits per heavy atom. The second-order valence-corrected chi connectivity index (χ2v) is 9.15. The molecule has 1 amide bonds. The van der Waals surface area contributed by atoms with Gasteiger partial charge in [0.2, 0.25) is 0 Å². The summed E-state index contributed by atoms with van der Waals surface area (Å²) in [6, 6.07) is 7.80. The van der Waals surface area contributed by atoms with Crippen molar-refractivity contribution in [1.82, 2.24) is 10.3 Å². The van der Waals surface area contributed by atoms with Crippen molar-refractivity contribution in [3.8, 4) is 0 Å². The number of amides is 1. The third kappa shape index (κ3) is 4.99. The lowest BCUT2D eigenvalue weighted by atomic mass is 10.1. The van der Waals surface area contributed by atoms with Gasteiger partial charge in [-0.3, -0.25) is 4.79 Å². The second-order valence-electron chi connectivity index (χ2n) is 5.49. The van der Waals surface area contributed by atoms with Crippen LogP contribution < -0.4 is 5.32 Å². The van der Waals surface area contributed by atoms with Crippen LogP contribution in [0.5, 0.6) is 0 Å². The van der Waals surface area contributed by atoms with Gasteiger partial charge in [-0.1, -0.05) is 12.1 Å². The van der Waals surface area contributed by atoms with Crippen LogP contribution in [-0.4, -0.2) is 40.0 Å². The van der Waals surface area contributed by atoms with Gasteiger partial charge in [0.15, 0.2) is 5.69 Å². The molecule has 0 bridgehead atoms. The molecule has 0 spiro atoms. The summed E-state index contributed by atoms with van der Waals surface area (Å²) < 4.78 is 0.471. The van der Waals surface area contributed by atoms with Gasteiger partial charge in [0, 0.05) is 23.9 Å². The highest BCUT2D eigenvalue weighted by Gasteiger charge is 2.17. The number of thioether (sulfide) groups is 2. The van der Waals surface area contributed by atoms with Gasteiger partial charge in [-0.25, -0.2) is 9.78 Å². The standard InChI is InChI=1S/C17H18N2O3S3/c20-15(18-7-6-14-19-13(10-25-14)16(21)22)11-2-4-12(5-3-11)17-23-8-1-9-24-17/h2-5,10,17H,1,6-9H2,(H,18,20)(H,21,22). The number of aromatic nitrogens is 1. The molecular weight excluding hydrogens is 376 g/mol. The van der Waals surface area contributed by atoms with Crippen LogP contribution in [0.2, 0.25) is 0 Å². The van der Waals surface area contributed by atoms with Crippen LogP contribution in [0.25, 0.3) is 0 Å². The van der Waals surface area contributed by atoms with Gasteiger partial charge in [0.05, 0.1) is 9.59 Å². The fraction of sp³-hybridized carbons (Fsp3) is 0.353. The highest BCUT2D eigenvalue weighted by atomic mass is 32.2. The number of hydrogen-bond acceptors (Lipinski definition) is 6. The van der Waals surface area contributed by atoms with E-state index in [1.165, 1.54) is 40.2 Å². The number of hydrogen-bond donors (Lipinski definition) is 2. The largest absolute Gasteiger partial charge is 0.476 e. The Labute approximate surface area is 158 Å². The number of carbonyl (C=O) groups is 2. The molecule has 0 unspecified atom stereocenters. The van der Waals surface area contributed by atoms with E-state index in [0.717, 1.165) is 0 Å². The number of carboxylic acids is 1. The zero-order valence-corrected chi connectivity index (χ0v) is 15.9. The van der Waals surface area contributed by atoms with E-state index in [4.69, 9.17) is 5.11 Å². The molecule has 25 heavy (non-hydrogen) atoms. The van der Waals surface area contributed by atoms with E-state index in [2.05, 4.69) is 10.3 Å². The molecule has 1 aliphatic heterocycles. The Hall–Kier alpha value is -1.51. The lowest BCUT2D eigenvalue weighted by Crippen LogP contribution is -2.25. The zero-order valence-electron chi connectivity index (χ0n) is 13.4. The van der Waals surface area contributed by atoms with Crippen molar-refractivity contribution in [3.05, 3.63) is 51.5 Å². The Balaban J connectivity index is 1.49. The maximum atomic E-state index is 12.2. The molecule has 5 nitrogen and oxygen atoms in total. The number of aromatic carboxylic acids is 1. The van der Waals surface area contributed by atoms with Crippen LogP contribution in [-0.2, 0) is 6.42 Å². The van der Waals surface area contributed by atoms with Crippen molar-refractivity contribution in [2.75, 3.05) is 18.1 Å². The second kappa shape index (κ2) is 8.73. The molecule has 0 atom stereocenters. The highest BCUT2D eigenvalue weighted by Crippen LogP contribution is 2.43. The van der Waals surface area contributed by atoms with Crippen LogP contribution in [0, 0.1) is 0 Å². The lowest BCUT2D eigenvalue weighted by molar-refractivity contribution is 0.0690. The Kier molecular flexibility index (Phi) is 6.39. The highest BCUT2D eigenvalue weighted by molar-refractivity contribution is 8.16. The monoisotopic (exact) mass is 394 g/mol. The van der Waals surface area contributed by atoms with Crippen LogP contribution in [0.3, 0.4) is 0 Å². The lowest BCUT2D eigenvalue weighted by Gasteiger charge is -2.21. The fourth-order valence-electron chi connectivity index (χ4n) is 2.38. The average molecular weight is 395 g/mol. The topological polar surface area (TPSA) is 79.3 Å². The van der Waals surface area contributed by atoms with Gasteiger partial charge >= 0.3 is 5.97 Å². The SMILES string of the molecule is O=C(NCCc1nc(C(=O)O)cs1)c1ccc(C2SCCCS2)cc1. The maximum Gasteiger partial charge on any atom is 0.355 e. The van der Waals surface area contributed by atoms with Crippen molar-refractivity contribution >= 4 is 46.7 Å². The van der Waals surface area contributed by atoms with E-state index in [9.17, 15) is 9.59 Å². The summed E-state index contributed by atoms with van der Waals surface area (Å²) in [5, 5.41) is 13.9. The van der Waals surface area contributed by atoms with Gasteiger partial charge in [-0.05, 0) is 35.6 Å². The Bertz CT molecular complexity index is 740. The predicted octanol–water partition coefficient (Wildman–Crippen LogP) is 3.68. The zero-order chi connectivity index (χ0) is 17.6. The van der Waals surface area contributed by atoms with E-state index >= 15 is 0 Å². The molecule has 1 aromatic heterocycles. The minimum absolute atomic E-state index is 0.0559. The number of nitrogens with zero attached hydrogens (tertiary/aromatic N) is 1. The summed E-state index contributed by atoms with van der Waals surface area (Å²) in [5.41, 5.74) is 1.95. The van der Waals surface area contributed by atoms with E-state index in [-0.39, 0.29) is 11.6 Å².